The first kappa shape index (κ1) is 19.9. The molecule has 7 nitrogen and oxygen atoms in total. The molecular weight excluding hydrogens is 378 g/mol. The van der Waals surface area contributed by atoms with Gasteiger partial charge in [0.15, 0.2) is 0 Å². The number of carbonyl (C=O) groups excluding carboxylic acids is 1. The lowest BCUT2D eigenvalue weighted by atomic mass is 9.98. The molecule has 3 rings (SSSR count). The van der Waals surface area contributed by atoms with Crippen LogP contribution in [0.1, 0.15) is 28.8 Å². The Bertz CT molecular complexity index is 1050. The van der Waals surface area contributed by atoms with Crippen molar-refractivity contribution in [3.63, 3.8) is 0 Å². The second kappa shape index (κ2) is 7.26. The van der Waals surface area contributed by atoms with Gasteiger partial charge in [0.1, 0.15) is 10.6 Å². The Balaban J connectivity index is 1.84. The highest BCUT2D eigenvalue weighted by molar-refractivity contribution is 7.89. The molecule has 0 spiro atoms. The number of hydrogen-bond donors (Lipinski definition) is 1. The van der Waals surface area contributed by atoms with Crippen molar-refractivity contribution < 1.29 is 17.9 Å². The molecule has 0 unspecified atom stereocenters. The van der Waals surface area contributed by atoms with Gasteiger partial charge in [-0.25, -0.2) is 12.7 Å². The largest absolute Gasteiger partial charge is 0.495 e. The van der Waals surface area contributed by atoms with Gasteiger partial charge in [0, 0.05) is 25.3 Å². The molecule has 1 N–H and O–H groups in total. The van der Waals surface area contributed by atoms with Gasteiger partial charge in [-0.2, -0.15) is 5.26 Å². The second-order valence-electron chi connectivity index (χ2n) is 6.88. The van der Waals surface area contributed by atoms with E-state index in [0.29, 0.717) is 5.69 Å². The van der Waals surface area contributed by atoms with Crippen LogP contribution in [0.5, 0.6) is 5.75 Å². The number of nitrogens with zero attached hydrogens (tertiary/aromatic N) is 2. The number of nitriles is 1. The lowest BCUT2D eigenvalue weighted by molar-refractivity contribution is 0.102. The molecule has 0 heterocycles. The molecule has 146 valence electrons. The summed E-state index contributed by atoms with van der Waals surface area (Å²) in [6.07, 6.45) is 1.70. The number of rotatable bonds is 6. The zero-order valence-corrected chi connectivity index (χ0v) is 16.7. The van der Waals surface area contributed by atoms with Crippen LogP contribution in [0, 0.1) is 11.3 Å². The SMILES string of the molecule is COc1ccc(C(=O)Nc2ccc(C3(C#N)CC3)cc2)cc1S(=O)(=O)N(C)C. The van der Waals surface area contributed by atoms with Gasteiger partial charge >= 0.3 is 0 Å². The molecule has 1 fully saturated rings. The molecule has 0 atom stereocenters. The Morgan fingerprint density at radius 2 is 1.82 bits per heavy atom. The molecule has 0 saturated heterocycles. The molecule has 1 saturated carbocycles. The fraction of sp³-hybridized carbons (Fsp3) is 0.300. The van der Waals surface area contributed by atoms with E-state index >= 15 is 0 Å². The quantitative estimate of drug-likeness (QED) is 0.805. The van der Waals surface area contributed by atoms with Crippen molar-refractivity contribution in [1.29, 1.82) is 5.26 Å². The van der Waals surface area contributed by atoms with E-state index in [1.807, 2.05) is 12.1 Å². The fourth-order valence-electron chi connectivity index (χ4n) is 2.88. The van der Waals surface area contributed by atoms with Gasteiger partial charge in [-0.15, -0.1) is 0 Å². The minimum absolute atomic E-state index is 0.0762. The predicted octanol–water partition coefficient (Wildman–Crippen LogP) is 2.75. The molecule has 8 heteroatoms. The summed E-state index contributed by atoms with van der Waals surface area (Å²) in [5.41, 5.74) is 1.32. The van der Waals surface area contributed by atoms with E-state index in [0.717, 1.165) is 22.7 Å². The Morgan fingerprint density at radius 3 is 2.32 bits per heavy atom. The molecule has 1 amide bonds. The minimum Gasteiger partial charge on any atom is -0.495 e. The van der Waals surface area contributed by atoms with Gasteiger partial charge in [-0.1, -0.05) is 12.1 Å². The summed E-state index contributed by atoms with van der Waals surface area (Å²) >= 11 is 0. The van der Waals surface area contributed by atoms with E-state index in [1.54, 1.807) is 12.1 Å². The van der Waals surface area contributed by atoms with Gasteiger partial charge in [-0.05, 0) is 48.7 Å². The Kier molecular flexibility index (Phi) is 5.15. The standard InChI is InChI=1S/C20H21N3O4S/c1-23(2)28(25,26)18-12-14(4-9-17(18)27-3)19(24)22-16-7-5-15(6-8-16)20(13-21)10-11-20/h4-9,12H,10-11H2,1-3H3,(H,22,24). The zero-order valence-electron chi connectivity index (χ0n) is 15.9. The van der Waals surface area contributed by atoms with Crippen molar-refractivity contribution >= 4 is 21.6 Å². The Hall–Kier alpha value is -2.89. The van der Waals surface area contributed by atoms with E-state index in [9.17, 15) is 18.5 Å². The zero-order chi connectivity index (χ0) is 20.5. The number of nitrogens with one attached hydrogen (secondary N) is 1. The average Bonchev–Trinajstić information content (AvgIpc) is 3.49. The van der Waals surface area contributed by atoms with Crippen LogP contribution in [0.3, 0.4) is 0 Å². The Labute approximate surface area is 164 Å². The number of amides is 1. The summed E-state index contributed by atoms with van der Waals surface area (Å²) in [4.78, 5) is 12.5. The van der Waals surface area contributed by atoms with Crippen LogP contribution in [-0.4, -0.2) is 39.8 Å². The third-order valence-electron chi connectivity index (χ3n) is 4.84. The minimum atomic E-state index is -3.77. The number of hydrogen-bond acceptors (Lipinski definition) is 5. The van der Waals surface area contributed by atoms with Gasteiger partial charge in [0.05, 0.1) is 18.6 Å². The van der Waals surface area contributed by atoms with Crippen LogP contribution in [0.15, 0.2) is 47.4 Å². The van der Waals surface area contributed by atoms with E-state index < -0.39 is 15.9 Å². The third kappa shape index (κ3) is 3.59. The van der Waals surface area contributed by atoms with Crippen LogP contribution in [-0.2, 0) is 15.4 Å². The normalized spacial score (nSPS) is 15.0. The number of sulfonamides is 1. The first-order chi connectivity index (χ1) is 13.2. The summed E-state index contributed by atoms with van der Waals surface area (Å²) in [7, 11) is 0.433. The van der Waals surface area contributed by atoms with Gasteiger partial charge in [0.25, 0.3) is 5.91 Å². The summed E-state index contributed by atoms with van der Waals surface area (Å²) in [6, 6.07) is 13.7. The van der Waals surface area contributed by atoms with Crippen molar-refractivity contribution in [3.8, 4) is 11.8 Å². The van der Waals surface area contributed by atoms with E-state index in [1.165, 1.54) is 39.4 Å². The first-order valence-corrected chi connectivity index (χ1v) is 10.1. The van der Waals surface area contributed by atoms with Gasteiger partial charge in [-0.3, -0.25) is 4.79 Å². The van der Waals surface area contributed by atoms with Crippen LogP contribution in [0.2, 0.25) is 0 Å². The highest BCUT2D eigenvalue weighted by Gasteiger charge is 2.44. The average molecular weight is 399 g/mol. The third-order valence-corrected chi connectivity index (χ3v) is 6.68. The highest BCUT2D eigenvalue weighted by Crippen LogP contribution is 2.47. The monoisotopic (exact) mass is 399 g/mol. The maximum absolute atomic E-state index is 12.6. The Morgan fingerprint density at radius 1 is 1.18 bits per heavy atom. The molecule has 1 aliphatic carbocycles. The molecule has 0 radical (unpaired) electrons. The topological polar surface area (TPSA) is 99.5 Å². The summed E-state index contributed by atoms with van der Waals surface area (Å²) < 4.78 is 31.2. The van der Waals surface area contributed by atoms with Crippen LogP contribution < -0.4 is 10.1 Å². The summed E-state index contributed by atoms with van der Waals surface area (Å²) in [5.74, 6) is -0.270. The second-order valence-corrected chi connectivity index (χ2v) is 9.00. The van der Waals surface area contributed by atoms with Crippen molar-refractivity contribution in [2.45, 2.75) is 23.2 Å². The van der Waals surface area contributed by atoms with Crippen LogP contribution in [0.4, 0.5) is 5.69 Å². The smallest absolute Gasteiger partial charge is 0.255 e. The molecule has 0 bridgehead atoms. The van der Waals surface area contributed by atoms with Gasteiger partial charge < -0.3 is 10.1 Å². The number of ether oxygens (including phenoxy) is 1. The predicted molar refractivity (Wildman–Crippen MR) is 105 cm³/mol. The van der Waals surface area contributed by atoms with Gasteiger partial charge in [0.2, 0.25) is 10.0 Å². The maximum atomic E-state index is 12.6. The van der Waals surface area contributed by atoms with Crippen molar-refractivity contribution in [1.82, 2.24) is 4.31 Å². The van der Waals surface area contributed by atoms with Crippen LogP contribution in [0.25, 0.3) is 0 Å². The molecule has 2 aromatic rings. The van der Waals surface area contributed by atoms with Crippen molar-refractivity contribution in [2.75, 3.05) is 26.5 Å². The molecule has 2 aromatic carbocycles. The molecule has 0 aromatic heterocycles. The van der Waals surface area contributed by atoms with E-state index in [-0.39, 0.29) is 21.6 Å². The fourth-order valence-corrected chi connectivity index (χ4v) is 3.96. The van der Waals surface area contributed by atoms with Crippen molar-refractivity contribution in [2.24, 2.45) is 0 Å². The van der Waals surface area contributed by atoms with E-state index in [4.69, 9.17) is 4.74 Å². The first-order valence-electron chi connectivity index (χ1n) is 8.67. The van der Waals surface area contributed by atoms with Crippen LogP contribution >= 0.6 is 0 Å². The number of benzene rings is 2. The number of anilines is 1. The highest BCUT2D eigenvalue weighted by atomic mass is 32.2. The molecule has 0 aliphatic heterocycles. The molecule has 28 heavy (non-hydrogen) atoms. The molecule has 1 aliphatic rings. The number of carbonyl (C=O) groups is 1. The summed E-state index contributed by atoms with van der Waals surface area (Å²) in [5, 5.41) is 12.0. The summed E-state index contributed by atoms with van der Waals surface area (Å²) in [6.45, 7) is 0. The maximum Gasteiger partial charge on any atom is 0.255 e. The lowest BCUT2D eigenvalue weighted by Gasteiger charge is -2.15. The van der Waals surface area contributed by atoms with E-state index in [2.05, 4.69) is 11.4 Å². The lowest BCUT2D eigenvalue weighted by Crippen LogP contribution is -2.23. The number of methoxy groups -OCH3 is 1. The molecular formula is C20H21N3O4S. The van der Waals surface area contributed by atoms with Crippen molar-refractivity contribution in [3.05, 3.63) is 53.6 Å².